The molecule has 84 valence electrons. The van der Waals surface area contributed by atoms with E-state index in [0.29, 0.717) is 6.04 Å². The highest BCUT2D eigenvalue weighted by atomic mass is 14.8. The van der Waals surface area contributed by atoms with Crippen LogP contribution in [-0.2, 0) is 0 Å². The summed E-state index contributed by atoms with van der Waals surface area (Å²) in [5.74, 6) is 0. The molecule has 0 aromatic rings. The average molecular weight is 197 g/mol. The fraction of sp³-hybridized carbons (Fsp3) is 0.923. The first kappa shape index (κ1) is 13.7. The van der Waals surface area contributed by atoms with E-state index in [9.17, 15) is 0 Å². The smallest absolute Gasteiger partial charge is 0.0468 e. The minimum Gasteiger partial charge on any atom is -0.291 e. The zero-order valence-corrected chi connectivity index (χ0v) is 10.5. The second-order valence-corrected chi connectivity index (χ2v) is 4.29. The van der Waals surface area contributed by atoms with E-state index in [0.717, 1.165) is 6.42 Å². The summed E-state index contributed by atoms with van der Waals surface area (Å²) in [6.45, 7) is 8.82. The van der Waals surface area contributed by atoms with Crippen LogP contribution < -0.4 is 0 Å². The Morgan fingerprint density at radius 2 is 1.71 bits per heavy atom. The molecule has 0 spiro atoms. The van der Waals surface area contributed by atoms with Crippen LogP contribution in [0.2, 0.25) is 0 Å². The molecule has 1 atom stereocenters. The van der Waals surface area contributed by atoms with Crippen molar-refractivity contribution >= 4 is 5.71 Å². The van der Waals surface area contributed by atoms with Crippen molar-refractivity contribution in [3.63, 3.8) is 0 Å². The molecular weight excluding hydrogens is 170 g/mol. The second kappa shape index (κ2) is 9.23. The van der Waals surface area contributed by atoms with Crippen LogP contribution in [0.4, 0.5) is 0 Å². The van der Waals surface area contributed by atoms with Gasteiger partial charge in [0.25, 0.3) is 0 Å². The Hall–Kier alpha value is -0.330. The lowest BCUT2D eigenvalue weighted by Crippen LogP contribution is -2.01. The molecule has 0 aliphatic carbocycles. The van der Waals surface area contributed by atoms with Crippen molar-refractivity contribution in [3.8, 4) is 0 Å². The van der Waals surface area contributed by atoms with Gasteiger partial charge in [0, 0.05) is 11.8 Å². The summed E-state index contributed by atoms with van der Waals surface area (Å²) < 4.78 is 0. The minimum absolute atomic E-state index is 0.519. The van der Waals surface area contributed by atoms with E-state index >= 15 is 0 Å². The van der Waals surface area contributed by atoms with Gasteiger partial charge in [-0.1, -0.05) is 39.5 Å². The maximum absolute atomic E-state index is 4.63. The van der Waals surface area contributed by atoms with Crippen LogP contribution in [-0.4, -0.2) is 11.8 Å². The van der Waals surface area contributed by atoms with Gasteiger partial charge in [-0.2, -0.15) is 0 Å². The molecule has 1 heteroatoms. The Labute approximate surface area is 90.0 Å². The number of hydrogen-bond acceptors (Lipinski definition) is 1. The molecule has 14 heavy (non-hydrogen) atoms. The summed E-state index contributed by atoms with van der Waals surface area (Å²) >= 11 is 0. The summed E-state index contributed by atoms with van der Waals surface area (Å²) in [4.78, 5) is 4.63. The second-order valence-electron chi connectivity index (χ2n) is 4.29. The number of nitrogens with zero attached hydrogens (tertiary/aromatic N) is 1. The first-order valence-electron chi connectivity index (χ1n) is 6.24. The Kier molecular flexibility index (Phi) is 9.02. The van der Waals surface area contributed by atoms with Crippen molar-refractivity contribution in [1.29, 1.82) is 0 Å². The summed E-state index contributed by atoms with van der Waals surface area (Å²) in [6, 6.07) is 0.519. The van der Waals surface area contributed by atoms with Crippen LogP contribution in [0.5, 0.6) is 0 Å². The zero-order valence-electron chi connectivity index (χ0n) is 10.5. The number of unbranched alkanes of at least 4 members (excludes halogenated alkanes) is 4. The van der Waals surface area contributed by atoms with E-state index < -0.39 is 0 Å². The largest absolute Gasteiger partial charge is 0.291 e. The molecule has 0 heterocycles. The molecule has 0 radical (unpaired) electrons. The molecule has 1 nitrogen and oxygen atoms in total. The Balaban J connectivity index is 3.43. The van der Waals surface area contributed by atoms with Crippen LogP contribution in [0.25, 0.3) is 0 Å². The topological polar surface area (TPSA) is 12.4 Å². The van der Waals surface area contributed by atoms with Gasteiger partial charge in [-0.15, -0.1) is 0 Å². The third-order valence-electron chi connectivity index (χ3n) is 2.67. The number of hydrogen-bond donors (Lipinski definition) is 0. The van der Waals surface area contributed by atoms with Gasteiger partial charge in [-0.05, 0) is 33.1 Å². The minimum atomic E-state index is 0.519. The average Bonchev–Trinajstić information content (AvgIpc) is 2.17. The lowest BCUT2D eigenvalue weighted by atomic mass is 10.1. The Morgan fingerprint density at radius 1 is 1.07 bits per heavy atom. The monoisotopic (exact) mass is 197 g/mol. The number of rotatable bonds is 8. The van der Waals surface area contributed by atoms with Gasteiger partial charge in [-0.25, -0.2) is 0 Å². The van der Waals surface area contributed by atoms with Crippen molar-refractivity contribution in [2.24, 2.45) is 4.99 Å². The van der Waals surface area contributed by atoms with Crippen LogP contribution >= 0.6 is 0 Å². The molecule has 1 unspecified atom stereocenters. The maximum Gasteiger partial charge on any atom is 0.0468 e. The molecule has 0 bridgehead atoms. The molecule has 0 amide bonds. The van der Waals surface area contributed by atoms with Crippen molar-refractivity contribution < 1.29 is 0 Å². The van der Waals surface area contributed by atoms with Gasteiger partial charge in [0.1, 0.15) is 0 Å². The van der Waals surface area contributed by atoms with E-state index in [-0.39, 0.29) is 0 Å². The van der Waals surface area contributed by atoms with Gasteiger partial charge in [0.2, 0.25) is 0 Å². The lowest BCUT2D eigenvalue weighted by molar-refractivity contribution is 0.639. The summed E-state index contributed by atoms with van der Waals surface area (Å²) in [5.41, 5.74) is 1.34. The Morgan fingerprint density at radius 3 is 2.29 bits per heavy atom. The molecule has 0 fully saturated rings. The van der Waals surface area contributed by atoms with Gasteiger partial charge < -0.3 is 0 Å². The first-order chi connectivity index (χ1) is 6.70. The fourth-order valence-corrected chi connectivity index (χ4v) is 1.52. The predicted octanol–water partition coefficient (Wildman–Crippen LogP) is 4.61. The van der Waals surface area contributed by atoms with Crippen molar-refractivity contribution in [2.75, 3.05) is 0 Å². The molecule has 0 aromatic heterocycles. The lowest BCUT2D eigenvalue weighted by Gasteiger charge is -2.05. The summed E-state index contributed by atoms with van der Waals surface area (Å²) in [5, 5.41) is 0. The van der Waals surface area contributed by atoms with Gasteiger partial charge >= 0.3 is 0 Å². The van der Waals surface area contributed by atoms with E-state index in [1.807, 2.05) is 0 Å². The highest BCUT2D eigenvalue weighted by molar-refractivity contribution is 5.81. The summed E-state index contributed by atoms with van der Waals surface area (Å²) in [6.07, 6.45) is 9.18. The van der Waals surface area contributed by atoms with Crippen molar-refractivity contribution in [2.45, 2.75) is 78.7 Å². The molecule has 0 rings (SSSR count). The molecule has 0 aliphatic heterocycles. The highest BCUT2D eigenvalue weighted by Crippen LogP contribution is 2.07. The molecule has 0 N–H and O–H groups in total. The third-order valence-corrected chi connectivity index (χ3v) is 2.67. The van der Waals surface area contributed by atoms with Crippen LogP contribution in [0, 0.1) is 0 Å². The van der Waals surface area contributed by atoms with Crippen LogP contribution in [0.3, 0.4) is 0 Å². The third kappa shape index (κ3) is 8.28. The van der Waals surface area contributed by atoms with E-state index in [1.54, 1.807) is 0 Å². The number of aliphatic imine (C=N–C) groups is 1. The van der Waals surface area contributed by atoms with E-state index in [1.165, 1.54) is 44.2 Å². The molecule has 0 saturated heterocycles. The van der Waals surface area contributed by atoms with E-state index in [2.05, 4.69) is 32.7 Å². The molecule has 0 saturated carbocycles. The van der Waals surface area contributed by atoms with Gasteiger partial charge in [0.15, 0.2) is 0 Å². The van der Waals surface area contributed by atoms with Gasteiger partial charge in [-0.3, -0.25) is 4.99 Å². The van der Waals surface area contributed by atoms with E-state index in [4.69, 9.17) is 0 Å². The quantitative estimate of drug-likeness (QED) is 0.398. The zero-order chi connectivity index (χ0) is 10.8. The first-order valence-corrected chi connectivity index (χ1v) is 6.24. The normalized spacial score (nSPS) is 14.4. The maximum atomic E-state index is 4.63. The fourth-order valence-electron chi connectivity index (χ4n) is 1.52. The van der Waals surface area contributed by atoms with Crippen LogP contribution in [0.1, 0.15) is 72.6 Å². The highest BCUT2D eigenvalue weighted by Gasteiger charge is 1.97. The SMILES string of the molecule is CCCCCCCC(C)=NC(C)CC. The Bertz CT molecular complexity index is 149. The van der Waals surface area contributed by atoms with Crippen molar-refractivity contribution in [3.05, 3.63) is 0 Å². The van der Waals surface area contributed by atoms with Crippen molar-refractivity contribution in [1.82, 2.24) is 0 Å². The standard InChI is InChI=1S/C13H27N/c1-5-7-8-9-10-11-13(4)14-12(3)6-2/h12H,5-11H2,1-4H3. The summed E-state index contributed by atoms with van der Waals surface area (Å²) in [7, 11) is 0. The molecule has 0 aromatic carbocycles. The predicted molar refractivity (Wildman–Crippen MR) is 66.2 cm³/mol. The van der Waals surface area contributed by atoms with Crippen LogP contribution in [0.15, 0.2) is 4.99 Å². The molecule has 0 aliphatic rings. The molecular formula is C13H27N. The van der Waals surface area contributed by atoms with Gasteiger partial charge in [0.05, 0.1) is 0 Å².